The monoisotopic (exact) mass is 1640 g/mol. The number of likely N-dealkylation sites (tertiary alicyclic amines) is 1. The van der Waals surface area contributed by atoms with Crippen LogP contribution in [-0.2, 0) is 89.8 Å². The van der Waals surface area contributed by atoms with E-state index in [1.165, 1.54) is 43.0 Å². The van der Waals surface area contributed by atoms with Gasteiger partial charge in [-0.25, -0.2) is 4.57 Å². The number of nitrogens with two attached hydrogens (primary N) is 1. The second-order valence-electron chi connectivity index (χ2n) is 29.3. The van der Waals surface area contributed by atoms with E-state index in [1.54, 1.807) is 53.4 Å². The number of carbonyl (C=O) groups is 12. The van der Waals surface area contributed by atoms with Crippen molar-refractivity contribution in [3.63, 3.8) is 0 Å². The van der Waals surface area contributed by atoms with Gasteiger partial charge < -0.3 is 95.1 Å². The van der Waals surface area contributed by atoms with E-state index in [0.29, 0.717) is 97.6 Å². The number of aromatic hydroxyl groups is 1. The number of nitrogens with one attached hydrogen (secondary N) is 13. The topological polar surface area (TPSA) is 480 Å². The largest absolute Gasteiger partial charge is 0.508 e. The highest BCUT2D eigenvalue weighted by atomic mass is 35.5. The Hall–Kier alpha value is -11.5. The molecular formula is C83H118ClN18O15+. The van der Waals surface area contributed by atoms with Crippen LogP contribution < -0.4 is 79.4 Å². The van der Waals surface area contributed by atoms with E-state index < -0.39 is 138 Å². The number of pyridine rings is 1. The van der Waals surface area contributed by atoms with E-state index in [0.717, 1.165) is 10.8 Å². The Kier molecular flexibility index (Phi) is 39.9. The number of guanidine groups is 2. The van der Waals surface area contributed by atoms with Gasteiger partial charge in [0.25, 0.3) is 0 Å². The molecule has 0 bridgehead atoms. The molecule has 11 amide bonds. The van der Waals surface area contributed by atoms with E-state index in [4.69, 9.17) is 17.3 Å². The standard InChI is InChI=1S/C83H117ClN18O15/c1-9-86-82(87-10-2)90-38-17-15-24-62(73(109)96-64(43-51(5)6)74(110)95-63(25-16-18-39-91-83(88-11-3)89-12-4)81(117)102-41-20-26-70(102)80(116)92-52(7)72(85)108)94-76(112)66(46-55-30-35-61(105)36-31-55)99-79(115)69(50-103)100-78(114)68(48-57-21-19-40-101(49-57)42-37-71(106)107)98-77(113)67(45-54-28-33-60(84)34-29-54)97-75(111)65(93-53(8)104)47-56-27-32-58-22-13-14-23-59(58)44-56/h13-14,19,21-23,27-36,40,44,49,51-52,62-70,103H,9-12,15-18,20,24-26,37-39,41-43,45-48,50H2,1-8H3,(H16-,85,86,87,88,89,90,91,92,93,94,95,96,97,98,99,100,104,105,106,107,108,109,110,111,112,113,114,115,116)/p+1/t52-,62-,63+,64+,65-,66+,67-,68-,69+,70+/m1/s1. The predicted molar refractivity (Wildman–Crippen MR) is 443 cm³/mol. The normalized spacial score (nSPS) is 14.7. The average Bonchev–Trinajstić information content (AvgIpc) is 1.71. The zero-order valence-corrected chi connectivity index (χ0v) is 68.8. The van der Waals surface area contributed by atoms with Gasteiger partial charge in [-0.15, -0.1) is 0 Å². The number of carboxylic acids is 1. The lowest BCUT2D eigenvalue weighted by Crippen LogP contribution is -2.61. The van der Waals surface area contributed by atoms with Crippen molar-refractivity contribution in [2.24, 2.45) is 21.6 Å². The summed E-state index contributed by atoms with van der Waals surface area (Å²) in [6.45, 7) is 16.1. The highest BCUT2D eigenvalue weighted by Crippen LogP contribution is 2.23. The van der Waals surface area contributed by atoms with Crippen LogP contribution in [-0.4, -0.2) is 216 Å². The molecule has 10 atom stereocenters. The minimum Gasteiger partial charge on any atom is -0.508 e. The first kappa shape index (κ1) is 94.4. The van der Waals surface area contributed by atoms with Crippen LogP contribution in [0.4, 0.5) is 0 Å². The van der Waals surface area contributed by atoms with Gasteiger partial charge in [-0.05, 0) is 156 Å². The maximum absolute atomic E-state index is 15.3. The number of hydrogen-bond donors (Lipinski definition) is 17. The van der Waals surface area contributed by atoms with E-state index in [-0.39, 0.29) is 95.5 Å². The lowest BCUT2D eigenvalue weighted by atomic mass is 9.99. The summed E-state index contributed by atoms with van der Waals surface area (Å²) in [6, 6.07) is 14.6. The Bertz CT molecular complexity index is 4190. The van der Waals surface area contributed by atoms with Crippen LogP contribution in [0.25, 0.3) is 10.8 Å². The summed E-state index contributed by atoms with van der Waals surface area (Å²) < 4.78 is 1.56. The summed E-state index contributed by atoms with van der Waals surface area (Å²) >= 11 is 6.29. The third kappa shape index (κ3) is 32.6. The molecule has 33 nitrogen and oxygen atoms in total. The molecule has 0 saturated carbocycles. The molecule has 0 spiro atoms. The lowest BCUT2D eigenvalue weighted by molar-refractivity contribution is -0.696. The summed E-state index contributed by atoms with van der Waals surface area (Å²) in [4.78, 5) is 181. The molecule has 1 fully saturated rings. The van der Waals surface area contributed by atoms with Crippen LogP contribution >= 0.6 is 11.6 Å². The third-order valence-corrected chi connectivity index (χ3v) is 19.5. The number of aliphatic imine (C=N–C) groups is 2. The van der Waals surface area contributed by atoms with Crippen LogP contribution in [0.15, 0.2) is 126 Å². The van der Waals surface area contributed by atoms with E-state index >= 15 is 19.2 Å². The Balaban J connectivity index is 1.33. The molecule has 636 valence electrons. The number of aromatic nitrogens is 1. The molecule has 0 unspecified atom stereocenters. The number of carboxylic acid groups (broad SMARTS) is 1. The van der Waals surface area contributed by atoms with E-state index in [2.05, 4.69) is 79.1 Å². The number of aliphatic hydroxyl groups is 1. The number of amides is 11. The number of carbonyl (C=O) groups excluding carboxylic acids is 11. The number of aliphatic carboxylic acids is 1. The fourth-order valence-electron chi connectivity index (χ4n) is 13.2. The van der Waals surface area contributed by atoms with Gasteiger partial charge in [0.15, 0.2) is 30.9 Å². The number of nitrogens with zero attached hydrogens (tertiary/aromatic N) is 4. The van der Waals surface area contributed by atoms with Gasteiger partial charge in [0.05, 0.1) is 6.61 Å². The van der Waals surface area contributed by atoms with Crippen LogP contribution in [0.3, 0.4) is 0 Å². The number of aliphatic hydroxyl groups excluding tert-OH is 1. The van der Waals surface area contributed by atoms with Gasteiger partial charge >= 0.3 is 5.97 Å². The van der Waals surface area contributed by atoms with Crippen molar-refractivity contribution in [3.05, 3.63) is 143 Å². The number of fused-ring (bicyclic) bond motifs is 1. The number of phenols is 1. The zero-order chi connectivity index (χ0) is 85.5. The summed E-state index contributed by atoms with van der Waals surface area (Å²) in [5, 5.41) is 70.5. The summed E-state index contributed by atoms with van der Waals surface area (Å²) in [6.07, 6.45) is 4.34. The minimum atomic E-state index is -1.88. The van der Waals surface area contributed by atoms with Gasteiger partial charge in [0.2, 0.25) is 65.0 Å². The number of halogens is 1. The van der Waals surface area contributed by atoms with Crippen LogP contribution in [0.2, 0.25) is 5.02 Å². The first-order valence-electron chi connectivity index (χ1n) is 40.2. The second-order valence-corrected chi connectivity index (χ2v) is 29.7. The van der Waals surface area contributed by atoms with Gasteiger partial charge in [-0.2, -0.15) is 0 Å². The fraction of sp³-hybridized carbons (Fsp3) is 0.506. The number of aryl methyl sites for hydroxylation is 1. The molecule has 0 radical (unpaired) electrons. The first-order chi connectivity index (χ1) is 56.0. The lowest BCUT2D eigenvalue weighted by Gasteiger charge is -2.31. The number of rotatable bonds is 47. The number of unbranched alkanes of at least 4 members (excludes halogenated alkanes) is 2. The quantitative estimate of drug-likeness (QED) is 0.0114. The highest BCUT2D eigenvalue weighted by molar-refractivity contribution is 6.30. The molecule has 34 heteroatoms. The van der Waals surface area contributed by atoms with Gasteiger partial charge in [-0.1, -0.05) is 92.2 Å². The Morgan fingerprint density at radius 2 is 0.983 bits per heavy atom. The van der Waals surface area contributed by atoms with Crippen molar-refractivity contribution >= 4 is 105 Å². The Morgan fingerprint density at radius 3 is 1.50 bits per heavy atom. The molecule has 18 N–H and O–H groups in total. The zero-order valence-electron chi connectivity index (χ0n) is 68.1. The highest BCUT2D eigenvalue weighted by Gasteiger charge is 2.41. The molecular weight excluding hydrogens is 1520 g/mol. The van der Waals surface area contributed by atoms with Gasteiger partial charge in [-0.3, -0.25) is 67.5 Å². The summed E-state index contributed by atoms with van der Waals surface area (Å²) in [7, 11) is 0. The number of primary amides is 1. The van der Waals surface area contributed by atoms with Crippen molar-refractivity contribution in [1.82, 2.24) is 74.0 Å². The Morgan fingerprint density at radius 1 is 0.530 bits per heavy atom. The first-order valence-corrected chi connectivity index (χ1v) is 40.5. The molecule has 1 aliphatic rings. The maximum Gasteiger partial charge on any atom is 0.309 e. The molecule has 4 aromatic carbocycles. The average molecular weight is 1640 g/mol. The Labute approximate surface area is 688 Å². The van der Waals surface area contributed by atoms with Crippen molar-refractivity contribution < 1.29 is 77.4 Å². The predicted octanol–water partition coefficient (Wildman–Crippen LogP) is 1.64. The maximum atomic E-state index is 15.3. The third-order valence-electron chi connectivity index (χ3n) is 19.3. The smallest absolute Gasteiger partial charge is 0.309 e. The SMILES string of the molecule is CCNC(=NCCCC[C@H](NC(=O)[C@H](CC(C)C)NC(=O)[C@@H](CCCCN=C(NCC)NCC)NC(=O)[C@H](Cc1ccc(O)cc1)NC(=O)[C@H](CO)NC(=O)[C@@H](Cc1ccc[n+](CCC(=O)O)c1)NC(=O)[C@@H](Cc1ccc(Cl)cc1)NC(=O)[C@@H](Cc1ccc2ccccc2c1)NC(C)=O)C(=O)N1CCC[C@H]1C(=O)N[C@H](C)C(N)=O)NCC. The van der Waals surface area contributed by atoms with Crippen LogP contribution in [0, 0.1) is 5.92 Å². The molecule has 0 aliphatic carbocycles. The minimum absolute atomic E-state index is 0.00462. The van der Waals surface area contributed by atoms with Crippen molar-refractivity contribution in [1.29, 1.82) is 0 Å². The second kappa shape index (κ2) is 49.4. The molecule has 1 saturated heterocycles. The molecule has 117 heavy (non-hydrogen) atoms. The molecule has 5 aromatic rings. The summed E-state index contributed by atoms with van der Waals surface area (Å²) in [5.41, 5.74) is 7.46. The summed E-state index contributed by atoms with van der Waals surface area (Å²) in [5.74, 6) is -9.19. The number of phenolic OH excluding ortho intramolecular Hbond substituents is 1. The van der Waals surface area contributed by atoms with Crippen LogP contribution in [0.5, 0.6) is 5.75 Å². The molecule has 2 heterocycles. The van der Waals surface area contributed by atoms with Gasteiger partial charge in [0.1, 0.15) is 72.6 Å². The van der Waals surface area contributed by atoms with Crippen molar-refractivity contribution in [3.8, 4) is 5.75 Å². The van der Waals surface area contributed by atoms with E-state index in [1.807, 2.05) is 84.0 Å². The van der Waals surface area contributed by atoms with Crippen molar-refractivity contribution in [2.45, 2.75) is 212 Å². The van der Waals surface area contributed by atoms with E-state index in [9.17, 15) is 53.7 Å². The molecule has 1 aromatic heterocycles. The fourth-order valence-corrected chi connectivity index (χ4v) is 13.4. The van der Waals surface area contributed by atoms with Crippen LogP contribution in [0.1, 0.15) is 142 Å². The van der Waals surface area contributed by atoms with Crippen molar-refractivity contribution in [2.75, 3.05) is 52.4 Å². The van der Waals surface area contributed by atoms with Gasteiger partial charge in [0, 0.05) is 95.1 Å². The molecule has 1 aliphatic heterocycles. The number of benzene rings is 4. The number of hydrogen-bond acceptors (Lipinski definition) is 16. The molecule has 6 rings (SSSR count).